The normalized spacial score (nSPS) is 12.7. The number of carbonyl (C=O) groups is 2. The lowest BCUT2D eigenvalue weighted by Gasteiger charge is -2.17. The molecule has 0 aliphatic rings. The lowest BCUT2D eigenvalue weighted by atomic mass is 10.0. The monoisotopic (exact) mass is 341 g/mol. The molecule has 0 unspecified atom stereocenters. The Morgan fingerprint density at radius 2 is 1.74 bits per heavy atom. The minimum absolute atomic E-state index is 0.0594. The predicted molar refractivity (Wildman–Crippen MR) is 82.7 cm³/mol. The Morgan fingerprint density at radius 1 is 1.13 bits per heavy atom. The number of carbonyl (C=O) groups excluding carboxylic acids is 2. The van der Waals surface area contributed by atoms with Crippen LogP contribution in [0.5, 0.6) is 0 Å². The Morgan fingerprint density at radius 3 is 2.26 bits per heavy atom. The Kier molecular flexibility index (Phi) is 4.89. The third kappa shape index (κ3) is 3.98. The lowest BCUT2D eigenvalue weighted by Crippen LogP contribution is -2.43. The highest BCUT2D eigenvalue weighted by molar-refractivity contribution is 7.12. The van der Waals surface area contributed by atoms with Gasteiger partial charge in [0.1, 0.15) is 6.04 Å². The maximum absolute atomic E-state index is 12.4. The Bertz CT molecular complexity index is 720. The molecule has 1 N–H and O–H groups in total. The van der Waals surface area contributed by atoms with E-state index in [-0.39, 0.29) is 11.3 Å². The third-order valence-electron chi connectivity index (χ3n) is 3.28. The van der Waals surface area contributed by atoms with Crippen LogP contribution in [0, 0.1) is 0 Å². The van der Waals surface area contributed by atoms with Gasteiger partial charge in [0.2, 0.25) is 0 Å². The van der Waals surface area contributed by atoms with Gasteiger partial charge in [0, 0.05) is 11.1 Å². The van der Waals surface area contributed by atoms with Crippen molar-refractivity contribution < 1.29 is 22.8 Å². The van der Waals surface area contributed by atoms with Crippen molar-refractivity contribution >= 4 is 23.0 Å². The SMILES string of the molecule is CC(=O)c1sccc1-c1ccc(C(=O)N[C@H](C)C(F)(F)F)cc1. The maximum Gasteiger partial charge on any atom is 0.408 e. The van der Waals surface area contributed by atoms with Crippen LogP contribution in [0.25, 0.3) is 11.1 Å². The second-order valence-electron chi connectivity index (χ2n) is 5.03. The zero-order valence-electron chi connectivity index (χ0n) is 12.4. The van der Waals surface area contributed by atoms with Crippen LogP contribution in [0.2, 0.25) is 0 Å². The van der Waals surface area contributed by atoms with Crippen molar-refractivity contribution in [3.8, 4) is 11.1 Å². The van der Waals surface area contributed by atoms with Crippen molar-refractivity contribution in [1.29, 1.82) is 0 Å². The molecule has 7 heteroatoms. The van der Waals surface area contributed by atoms with Gasteiger partial charge in [-0.2, -0.15) is 13.2 Å². The summed E-state index contributed by atoms with van der Waals surface area (Å²) in [6.07, 6.45) is -4.48. The van der Waals surface area contributed by atoms with E-state index >= 15 is 0 Å². The Balaban J connectivity index is 2.18. The molecule has 1 atom stereocenters. The van der Waals surface area contributed by atoms with Crippen LogP contribution in [0.4, 0.5) is 13.2 Å². The van der Waals surface area contributed by atoms with E-state index in [1.54, 1.807) is 23.6 Å². The highest BCUT2D eigenvalue weighted by Gasteiger charge is 2.37. The number of thiophene rings is 1. The molecule has 0 aliphatic heterocycles. The van der Waals surface area contributed by atoms with Gasteiger partial charge in [0.25, 0.3) is 5.91 Å². The molecule has 3 nitrogen and oxygen atoms in total. The summed E-state index contributed by atoms with van der Waals surface area (Å²) in [5.41, 5.74) is 1.61. The standard InChI is InChI=1S/C16H14F3NO2S/c1-9(21)14-13(7-8-23-14)11-3-5-12(6-4-11)15(22)20-10(2)16(17,18)19/h3-8,10H,1-2H3,(H,20,22)/t10-/m1/s1. The van der Waals surface area contributed by atoms with Crippen molar-refractivity contribution in [2.24, 2.45) is 0 Å². The summed E-state index contributed by atoms with van der Waals surface area (Å²) in [6, 6.07) is 5.98. The molecule has 2 rings (SSSR count). The second kappa shape index (κ2) is 6.54. The average Bonchev–Trinajstić information content (AvgIpc) is 2.96. The first-order valence-electron chi connectivity index (χ1n) is 6.76. The van der Waals surface area contributed by atoms with E-state index in [0.717, 1.165) is 18.1 Å². The summed E-state index contributed by atoms with van der Waals surface area (Å²) < 4.78 is 37.3. The van der Waals surface area contributed by atoms with Gasteiger partial charge in [-0.15, -0.1) is 11.3 Å². The Labute approximate surface area is 135 Å². The maximum atomic E-state index is 12.4. The number of hydrogen-bond donors (Lipinski definition) is 1. The summed E-state index contributed by atoms with van der Waals surface area (Å²) in [6.45, 7) is 2.35. The fourth-order valence-corrected chi connectivity index (χ4v) is 2.79. The first-order valence-corrected chi connectivity index (χ1v) is 7.64. The van der Waals surface area contributed by atoms with E-state index in [1.807, 2.05) is 5.32 Å². The minimum Gasteiger partial charge on any atom is -0.341 e. The summed E-state index contributed by atoms with van der Waals surface area (Å²) in [4.78, 5) is 23.9. The van der Waals surface area contributed by atoms with Gasteiger partial charge in [-0.05, 0) is 43.0 Å². The number of halogens is 3. The highest BCUT2D eigenvalue weighted by Crippen LogP contribution is 2.29. The summed E-state index contributed by atoms with van der Waals surface area (Å²) >= 11 is 1.32. The zero-order chi connectivity index (χ0) is 17.2. The van der Waals surface area contributed by atoms with E-state index in [1.165, 1.54) is 30.4 Å². The van der Waals surface area contributed by atoms with Gasteiger partial charge in [0.05, 0.1) is 4.88 Å². The number of rotatable bonds is 4. The molecule has 0 saturated carbocycles. The first-order chi connectivity index (χ1) is 10.7. The van der Waals surface area contributed by atoms with E-state index in [9.17, 15) is 22.8 Å². The topological polar surface area (TPSA) is 46.2 Å². The minimum atomic E-state index is -4.48. The molecule has 0 fully saturated rings. The van der Waals surface area contributed by atoms with Gasteiger partial charge in [-0.1, -0.05) is 12.1 Å². The van der Waals surface area contributed by atoms with Crippen LogP contribution in [0.15, 0.2) is 35.7 Å². The van der Waals surface area contributed by atoms with Crippen LogP contribution in [0.3, 0.4) is 0 Å². The molecule has 0 saturated heterocycles. The van der Waals surface area contributed by atoms with Crippen molar-refractivity contribution in [2.75, 3.05) is 0 Å². The van der Waals surface area contributed by atoms with Gasteiger partial charge < -0.3 is 5.32 Å². The molecular formula is C16H14F3NO2S. The van der Waals surface area contributed by atoms with Crippen LogP contribution in [0.1, 0.15) is 33.9 Å². The Hall–Kier alpha value is -2.15. The summed E-state index contributed by atoms with van der Waals surface area (Å²) in [5.74, 6) is -0.852. The van der Waals surface area contributed by atoms with E-state index < -0.39 is 18.1 Å². The fourth-order valence-electron chi connectivity index (χ4n) is 1.97. The zero-order valence-corrected chi connectivity index (χ0v) is 13.2. The molecule has 0 radical (unpaired) electrons. The quantitative estimate of drug-likeness (QED) is 0.843. The number of ketones is 1. The number of amides is 1. The van der Waals surface area contributed by atoms with E-state index in [0.29, 0.717) is 4.88 Å². The van der Waals surface area contributed by atoms with E-state index in [2.05, 4.69) is 0 Å². The molecule has 0 aliphatic carbocycles. The third-order valence-corrected chi connectivity index (χ3v) is 4.30. The van der Waals surface area contributed by atoms with Crippen molar-refractivity contribution in [3.63, 3.8) is 0 Å². The number of nitrogens with one attached hydrogen (secondary N) is 1. The number of Topliss-reactive ketones (excluding diaryl/α,β-unsaturated/α-hetero) is 1. The van der Waals surface area contributed by atoms with Gasteiger partial charge in [-0.25, -0.2) is 0 Å². The van der Waals surface area contributed by atoms with Crippen LogP contribution >= 0.6 is 11.3 Å². The van der Waals surface area contributed by atoms with Gasteiger partial charge in [0.15, 0.2) is 5.78 Å². The second-order valence-corrected chi connectivity index (χ2v) is 5.95. The van der Waals surface area contributed by atoms with Gasteiger partial charge in [-0.3, -0.25) is 9.59 Å². The molecule has 1 aromatic carbocycles. The lowest BCUT2D eigenvalue weighted by molar-refractivity contribution is -0.149. The molecular weight excluding hydrogens is 327 g/mol. The average molecular weight is 341 g/mol. The molecule has 0 bridgehead atoms. The molecule has 2 aromatic rings. The number of alkyl halides is 3. The number of benzene rings is 1. The van der Waals surface area contributed by atoms with Crippen molar-refractivity contribution in [2.45, 2.75) is 26.1 Å². The molecule has 0 spiro atoms. The van der Waals surface area contributed by atoms with Crippen LogP contribution < -0.4 is 5.32 Å². The first kappa shape index (κ1) is 17.2. The summed E-state index contributed by atoms with van der Waals surface area (Å²) in [5, 5.41) is 3.69. The largest absolute Gasteiger partial charge is 0.408 e. The predicted octanol–water partition coefficient (Wildman–Crippen LogP) is 4.30. The van der Waals surface area contributed by atoms with Crippen molar-refractivity contribution in [1.82, 2.24) is 5.32 Å². The van der Waals surface area contributed by atoms with E-state index in [4.69, 9.17) is 0 Å². The van der Waals surface area contributed by atoms with Gasteiger partial charge >= 0.3 is 6.18 Å². The number of hydrogen-bond acceptors (Lipinski definition) is 3. The molecule has 1 amide bonds. The molecule has 1 heterocycles. The van der Waals surface area contributed by atoms with Crippen LogP contribution in [-0.4, -0.2) is 23.9 Å². The molecule has 1 aromatic heterocycles. The molecule has 122 valence electrons. The smallest absolute Gasteiger partial charge is 0.341 e. The van der Waals surface area contributed by atoms with Crippen LogP contribution in [-0.2, 0) is 0 Å². The fraction of sp³-hybridized carbons (Fsp3) is 0.250. The highest BCUT2D eigenvalue weighted by atomic mass is 32.1. The molecule has 23 heavy (non-hydrogen) atoms. The summed E-state index contributed by atoms with van der Waals surface area (Å²) in [7, 11) is 0. The van der Waals surface area contributed by atoms with Crippen molar-refractivity contribution in [3.05, 3.63) is 46.2 Å².